The molecular formula is C24H23N7O. The van der Waals surface area contributed by atoms with Crippen molar-refractivity contribution in [2.75, 3.05) is 5.32 Å². The molecule has 2 aromatic carbocycles. The van der Waals surface area contributed by atoms with Crippen molar-refractivity contribution < 1.29 is 4.79 Å². The molecule has 0 atom stereocenters. The van der Waals surface area contributed by atoms with E-state index in [1.165, 1.54) is 6.33 Å². The van der Waals surface area contributed by atoms with Crippen molar-refractivity contribution >= 4 is 11.6 Å². The van der Waals surface area contributed by atoms with Gasteiger partial charge in [0.2, 0.25) is 0 Å². The zero-order chi connectivity index (χ0) is 22.0. The number of aromatic nitrogens is 5. The fourth-order valence-electron chi connectivity index (χ4n) is 3.77. The van der Waals surface area contributed by atoms with Gasteiger partial charge in [-0.15, -0.1) is 10.2 Å². The highest BCUT2D eigenvalue weighted by Crippen LogP contribution is 2.45. The third-order valence-electron chi connectivity index (χ3n) is 5.78. The summed E-state index contributed by atoms with van der Waals surface area (Å²) in [4.78, 5) is 21.1. The molecule has 0 spiro atoms. The number of carbonyl (C=O) groups is 1. The molecule has 2 heterocycles. The van der Waals surface area contributed by atoms with E-state index in [0.717, 1.165) is 29.9 Å². The lowest BCUT2D eigenvalue weighted by Crippen LogP contribution is -2.34. The Morgan fingerprint density at radius 3 is 2.66 bits per heavy atom. The number of anilines is 1. The Morgan fingerprint density at radius 2 is 1.91 bits per heavy atom. The summed E-state index contributed by atoms with van der Waals surface area (Å²) in [6.07, 6.45) is 5.08. The van der Waals surface area contributed by atoms with Gasteiger partial charge >= 0.3 is 0 Å². The van der Waals surface area contributed by atoms with Crippen molar-refractivity contribution in [1.82, 2.24) is 30.0 Å². The van der Waals surface area contributed by atoms with Gasteiger partial charge < -0.3 is 15.2 Å². The summed E-state index contributed by atoms with van der Waals surface area (Å²) in [5.74, 6) is 1.36. The molecule has 5 rings (SSSR count). The lowest BCUT2D eigenvalue weighted by atomic mass is 10.0. The number of carbonyl (C=O) groups excluding carboxylic acids is 1. The number of hydrogen-bond donors (Lipinski definition) is 2. The Kier molecular flexibility index (Phi) is 5.10. The molecule has 0 bridgehead atoms. The van der Waals surface area contributed by atoms with E-state index in [2.05, 4.69) is 42.9 Å². The van der Waals surface area contributed by atoms with Crippen LogP contribution in [-0.4, -0.2) is 30.6 Å². The third-order valence-corrected chi connectivity index (χ3v) is 5.78. The van der Waals surface area contributed by atoms with Gasteiger partial charge in [-0.1, -0.05) is 36.4 Å². The van der Waals surface area contributed by atoms with Crippen LogP contribution < -0.4 is 10.6 Å². The summed E-state index contributed by atoms with van der Waals surface area (Å²) in [5.41, 5.74) is 3.10. The van der Waals surface area contributed by atoms with Crippen LogP contribution in [0.3, 0.4) is 0 Å². The van der Waals surface area contributed by atoms with E-state index in [-0.39, 0.29) is 11.4 Å². The molecule has 160 valence electrons. The molecule has 8 heteroatoms. The molecule has 0 aliphatic heterocycles. The van der Waals surface area contributed by atoms with E-state index < -0.39 is 0 Å². The molecule has 2 N–H and O–H groups in total. The van der Waals surface area contributed by atoms with Crippen LogP contribution >= 0.6 is 0 Å². The van der Waals surface area contributed by atoms with E-state index in [9.17, 15) is 4.79 Å². The maximum absolute atomic E-state index is 12.9. The van der Waals surface area contributed by atoms with Gasteiger partial charge in [0, 0.05) is 24.5 Å². The fraction of sp³-hybridized carbons (Fsp3) is 0.208. The molecule has 1 fully saturated rings. The van der Waals surface area contributed by atoms with Gasteiger partial charge in [0.1, 0.15) is 12.0 Å². The SMILES string of the molecule is Cn1c(CNc2cccc(C(=O)NC3(c4ccccc4)CC3)c2)nnc1-c1ccncn1. The Bertz CT molecular complexity index is 1230. The van der Waals surface area contributed by atoms with Crippen LogP contribution in [0.25, 0.3) is 11.5 Å². The summed E-state index contributed by atoms with van der Waals surface area (Å²) in [7, 11) is 1.90. The number of rotatable bonds is 7. The van der Waals surface area contributed by atoms with Gasteiger partial charge in [-0.2, -0.15) is 0 Å². The second-order valence-corrected chi connectivity index (χ2v) is 7.93. The normalized spacial score (nSPS) is 14.0. The minimum atomic E-state index is -0.238. The third kappa shape index (κ3) is 3.94. The summed E-state index contributed by atoms with van der Waals surface area (Å²) in [5, 5.41) is 15.1. The molecule has 1 aliphatic carbocycles. The second-order valence-electron chi connectivity index (χ2n) is 7.93. The van der Waals surface area contributed by atoms with Crippen LogP contribution in [0.1, 0.15) is 34.6 Å². The minimum absolute atomic E-state index is 0.0697. The fourth-order valence-corrected chi connectivity index (χ4v) is 3.77. The second kappa shape index (κ2) is 8.22. The van der Waals surface area contributed by atoms with Crippen LogP contribution in [0, 0.1) is 0 Å². The van der Waals surface area contributed by atoms with Gasteiger partial charge in [0.05, 0.1) is 12.1 Å². The first-order valence-electron chi connectivity index (χ1n) is 10.5. The average Bonchev–Trinajstić information content (AvgIpc) is 3.53. The highest BCUT2D eigenvalue weighted by Gasteiger charge is 2.45. The highest BCUT2D eigenvalue weighted by molar-refractivity contribution is 5.96. The Morgan fingerprint density at radius 1 is 1.06 bits per heavy atom. The largest absolute Gasteiger partial charge is 0.378 e. The number of amides is 1. The molecule has 0 saturated heterocycles. The van der Waals surface area contributed by atoms with Gasteiger partial charge in [-0.3, -0.25) is 4.79 Å². The first-order valence-corrected chi connectivity index (χ1v) is 10.5. The summed E-state index contributed by atoms with van der Waals surface area (Å²) in [6.45, 7) is 0.466. The number of nitrogens with zero attached hydrogens (tertiary/aromatic N) is 5. The molecule has 0 radical (unpaired) electrons. The molecule has 1 amide bonds. The molecular weight excluding hydrogens is 402 g/mol. The van der Waals surface area contributed by atoms with Crippen molar-refractivity contribution in [3.05, 3.63) is 90.1 Å². The topological polar surface area (TPSA) is 97.6 Å². The summed E-state index contributed by atoms with van der Waals surface area (Å²) >= 11 is 0. The van der Waals surface area contributed by atoms with Crippen LogP contribution in [0.5, 0.6) is 0 Å². The molecule has 1 aliphatic rings. The summed E-state index contributed by atoms with van der Waals surface area (Å²) < 4.78 is 1.89. The van der Waals surface area contributed by atoms with Crippen molar-refractivity contribution in [3.8, 4) is 11.5 Å². The Labute approximate surface area is 185 Å². The van der Waals surface area contributed by atoms with Crippen LogP contribution in [-0.2, 0) is 19.1 Å². The molecule has 8 nitrogen and oxygen atoms in total. The lowest BCUT2D eigenvalue weighted by molar-refractivity contribution is 0.0931. The first kappa shape index (κ1) is 19.9. The van der Waals surface area contributed by atoms with Crippen molar-refractivity contribution in [2.45, 2.75) is 24.9 Å². The van der Waals surface area contributed by atoms with Gasteiger partial charge in [-0.25, -0.2) is 9.97 Å². The highest BCUT2D eigenvalue weighted by atomic mass is 16.1. The summed E-state index contributed by atoms with van der Waals surface area (Å²) in [6, 6.07) is 19.4. The van der Waals surface area contributed by atoms with Crippen LogP contribution in [0.2, 0.25) is 0 Å². The number of benzene rings is 2. The molecule has 4 aromatic rings. The molecule has 2 aromatic heterocycles. The maximum atomic E-state index is 12.9. The zero-order valence-corrected chi connectivity index (χ0v) is 17.7. The van der Waals surface area contributed by atoms with Crippen molar-refractivity contribution in [2.24, 2.45) is 7.05 Å². The zero-order valence-electron chi connectivity index (χ0n) is 17.7. The Balaban J connectivity index is 1.26. The predicted molar refractivity (Wildman–Crippen MR) is 121 cm³/mol. The van der Waals surface area contributed by atoms with Gasteiger partial charge in [0.25, 0.3) is 5.91 Å². The number of hydrogen-bond acceptors (Lipinski definition) is 6. The molecule has 32 heavy (non-hydrogen) atoms. The van der Waals surface area contributed by atoms with Crippen LogP contribution in [0.4, 0.5) is 5.69 Å². The predicted octanol–water partition coefficient (Wildman–Crippen LogP) is 3.30. The van der Waals surface area contributed by atoms with E-state index in [4.69, 9.17) is 0 Å². The van der Waals surface area contributed by atoms with Crippen LogP contribution in [0.15, 0.2) is 73.2 Å². The number of nitrogens with one attached hydrogen (secondary N) is 2. The first-order chi connectivity index (χ1) is 15.6. The smallest absolute Gasteiger partial charge is 0.252 e. The van der Waals surface area contributed by atoms with E-state index in [1.807, 2.05) is 54.1 Å². The van der Waals surface area contributed by atoms with Crippen molar-refractivity contribution in [3.63, 3.8) is 0 Å². The van der Waals surface area contributed by atoms with Crippen molar-refractivity contribution in [1.29, 1.82) is 0 Å². The monoisotopic (exact) mass is 425 g/mol. The maximum Gasteiger partial charge on any atom is 0.252 e. The van der Waals surface area contributed by atoms with E-state index in [1.54, 1.807) is 12.3 Å². The molecule has 1 saturated carbocycles. The van der Waals surface area contributed by atoms with Gasteiger partial charge in [0.15, 0.2) is 11.6 Å². The standard InChI is InChI=1S/C24H23N7O/c1-31-21(29-30-22(31)20-10-13-25-16-27-20)15-26-19-9-5-6-17(14-19)23(32)28-24(11-12-24)18-7-3-2-4-8-18/h2-10,13-14,16,26H,11-12,15H2,1H3,(H,28,32). The average molecular weight is 425 g/mol. The minimum Gasteiger partial charge on any atom is -0.378 e. The quantitative estimate of drug-likeness (QED) is 0.472. The lowest BCUT2D eigenvalue weighted by Gasteiger charge is -2.18. The van der Waals surface area contributed by atoms with E-state index in [0.29, 0.717) is 23.6 Å². The van der Waals surface area contributed by atoms with E-state index >= 15 is 0 Å². The molecule has 0 unspecified atom stereocenters. The van der Waals surface area contributed by atoms with Gasteiger partial charge in [-0.05, 0) is 42.7 Å². The Hall–Kier alpha value is -4.07.